The lowest BCUT2D eigenvalue weighted by atomic mass is 10.2. The molecule has 0 fully saturated rings. The number of amides is 1. The Kier molecular flexibility index (Phi) is 6.18. The van der Waals surface area contributed by atoms with Gasteiger partial charge >= 0.3 is 0 Å². The van der Waals surface area contributed by atoms with Crippen molar-refractivity contribution in [2.45, 2.75) is 5.75 Å². The zero-order chi connectivity index (χ0) is 15.9. The fraction of sp³-hybridized carbons (Fsp3) is 0.200. The number of benzene rings is 1. The molecule has 1 aromatic heterocycles. The molecule has 4 nitrogen and oxygen atoms in total. The number of rotatable bonds is 6. The number of carbonyl (C=O) groups is 1. The number of pyridine rings is 1. The fourth-order valence-corrected chi connectivity index (χ4v) is 2.60. The van der Waals surface area contributed by atoms with Crippen molar-refractivity contribution in [3.63, 3.8) is 0 Å². The van der Waals surface area contributed by atoms with Gasteiger partial charge in [0.2, 0.25) is 0 Å². The summed E-state index contributed by atoms with van der Waals surface area (Å²) in [5, 5.41) is 11.6. The van der Waals surface area contributed by atoms with Gasteiger partial charge in [-0.2, -0.15) is 11.8 Å². The SMILES string of the molecule is O=C(Nc1cc(CSCCO)ccn1)c1cc(Cl)ccc1F. The highest BCUT2D eigenvalue weighted by atomic mass is 35.5. The number of aliphatic hydroxyl groups is 1. The number of thioether (sulfide) groups is 1. The molecular formula is C15H14ClFN2O2S. The Morgan fingerprint density at radius 1 is 1.36 bits per heavy atom. The number of anilines is 1. The molecule has 2 N–H and O–H groups in total. The normalized spacial score (nSPS) is 10.5. The van der Waals surface area contributed by atoms with Crippen molar-refractivity contribution in [1.29, 1.82) is 0 Å². The maximum absolute atomic E-state index is 13.6. The van der Waals surface area contributed by atoms with E-state index in [1.54, 1.807) is 24.0 Å². The summed E-state index contributed by atoms with van der Waals surface area (Å²) >= 11 is 7.34. The van der Waals surface area contributed by atoms with Gasteiger partial charge in [0.25, 0.3) is 5.91 Å². The molecule has 1 heterocycles. The molecule has 1 amide bonds. The lowest BCUT2D eigenvalue weighted by Gasteiger charge is -2.07. The number of aliphatic hydroxyl groups excluding tert-OH is 1. The van der Waals surface area contributed by atoms with Crippen LogP contribution in [0, 0.1) is 5.82 Å². The highest BCUT2D eigenvalue weighted by Crippen LogP contribution is 2.18. The predicted molar refractivity (Wildman–Crippen MR) is 86.8 cm³/mol. The van der Waals surface area contributed by atoms with E-state index in [2.05, 4.69) is 10.3 Å². The average Bonchev–Trinajstić information content (AvgIpc) is 2.50. The van der Waals surface area contributed by atoms with E-state index in [1.807, 2.05) is 6.07 Å². The summed E-state index contributed by atoms with van der Waals surface area (Å²) < 4.78 is 13.6. The second-order valence-electron chi connectivity index (χ2n) is 4.40. The molecule has 7 heteroatoms. The fourth-order valence-electron chi connectivity index (χ4n) is 1.74. The average molecular weight is 341 g/mol. The lowest BCUT2D eigenvalue weighted by molar-refractivity contribution is 0.102. The molecule has 0 saturated carbocycles. The Hall–Kier alpha value is -1.63. The summed E-state index contributed by atoms with van der Waals surface area (Å²) in [7, 11) is 0. The van der Waals surface area contributed by atoms with E-state index in [0.29, 0.717) is 17.3 Å². The minimum atomic E-state index is -0.642. The molecule has 0 atom stereocenters. The Bertz CT molecular complexity index is 670. The third-order valence-electron chi connectivity index (χ3n) is 2.74. The van der Waals surface area contributed by atoms with Gasteiger partial charge in [0.05, 0.1) is 12.2 Å². The van der Waals surface area contributed by atoms with E-state index < -0.39 is 11.7 Å². The first-order valence-electron chi connectivity index (χ1n) is 6.50. The first-order valence-corrected chi connectivity index (χ1v) is 8.03. The van der Waals surface area contributed by atoms with Crippen LogP contribution in [0.5, 0.6) is 0 Å². The van der Waals surface area contributed by atoms with E-state index >= 15 is 0 Å². The molecule has 0 bridgehead atoms. The molecule has 0 aliphatic heterocycles. The summed E-state index contributed by atoms with van der Waals surface area (Å²) in [6.07, 6.45) is 1.57. The van der Waals surface area contributed by atoms with E-state index in [1.165, 1.54) is 12.1 Å². The second-order valence-corrected chi connectivity index (χ2v) is 5.95. The van der Waals surface area contributed by atoms with Gasteiger partial charge in [0.15, 0.2) is 0 Å². The third kappa shape index (κ3) is 4.69. The topological polar surface area (TPSA) is 62.2 Å². The summed E-state index contributed by atoms with van der Waals surface area (Å²) in [5.74, 6) is 0.422. The van der Waals surface area contributed by atoms with Crippen LogP contribution in [0.1, 0.15) is 15.9 Å². The standard InChI is InChI=1S/C15H14ClFN2O2S/c16-11-1-2-13(17)12(8-11)15(21)19-14-7-10(3-4-18-14)9-22-6-5-20/h1-4,7-8,20H,5-6,9H2,(H,18,19,21). The number of nitrogens with zero attached hydrogens (tertiary/aromatic N) is 1. The van der Waals surface area contributed by atoms with Crippen LogP contribution < -0.4 is 5.32 Å². The van der Waals surface area contributed by atoms with E-state index in [-0.39, 0.29) is 17.2 Å². The Morgan fingerprint density at radius 3 is 2.95 bits per heavy atom. The molecule has 2 aromatic rings. The van der Waals surface area contributed by atoms with Crippen LogP contribution >= 0.6 is 23.4 Å². The van der Waals surface area contributed by atoms with E-state index in [4.69, 9.17) is 16.7 Å². The van der Waals surface area contributed by atoms with Crippen molar-refractivity contribution < 1.29 is 14.3 Å². The summed E-state index contributed by atoms with van der Waals surface area (Å²) in [6, 6.07) is 7.33. The van der Waals surface area contributed by atoms with Crippen molar-refractivity contribution in [1.82, 2.24) is 4.98 Å². The molecule has 22 heavy (non-hydrogen) atoms. The molecule has 1 aromatic carbocycles. The number of halogens is 2. The summed E-state index contributed by atoms with van der Waals surface area (Å²) in [4.78, 5) is 16.1. The van der Waals surface area contributed by atoms with Gasteiger partial charge in [-0.25, -0.2) is 9.37 Å². The minimum absolute atomic E-state index is 0.118. The third-order valence-corrected chi connectivity index (χ3v) is 3.99. The van der Waals surface area contributed by atoms with E-state index in [9.17, 15) is 9.18 Å². The highest BCUT2D eigenvalue weighted by molar-refractivity contribution is 7.98. The second kappa shape index (κ2) is 8.12. The van der Waals surface area contributed by atoms with Gasteiger partial charge in [0, 0.05) is 22.7 Å². The van der Waals surface area contributed by atoms with Gasteiger partial charge in [-0.05, 0) is 35.9 Å². The highest BCUT2D eigenvalue weighted by Gasteiger charge is 2.13. The molecule has 2 rings (SSSR count). The monoisotopic (exact) mass is 340 g/mol. The van der Waals surface area contributed by atoms with Crippen molar-refractivity contribution in [2.24, 2.45) is 0 Å². The first kappa shape index (κ1) is 16.7. The van der Waals surface area contributed by atoms with Crippen LogP contribution in [0.4, 0.5) is 10.2 Å². The Morgan fingerprint density at radius 2 is 2.18 bits per heavy atom. The van der Waals surface area contributed by atoms with Crippen LogP contribution in [-0.4, -0.2) is 28.4 Å². The zero-order valence-electron chi connectivity index (χ0n) is 11.6. The van der Waals surface area contributed by atoms with Gasteiger partial charge in [-0.15, -0.1) is 0 Å². The summed E-state index contributed by atoms with van der Waals surface area (Å²) in [5.41, 5.74) is 0.824. The lowest BCUT2D eigenvalue weighted by Crippen LogP contribution is -2.14. The minimum Gasteiger partial charge on any atom is -0.396 e. The van der Waals surface area contributed by atoms with Crippen molar-refractivity contribution in [3.8, 4) is 0 Å². The molecule has 0 radical (unpaired) electrons. The number of hydrogen-bond acceptors (Lipinski definition) is 4. The van der Waals surface area contributed by atoms with Crippen LogP contribution in [-0.2, 0) is 5.75 Å². The Balaban J connectivity index is 2.08. The van der Waals surface area contributed by atoms with Gasteiger partial charge < -0.3 is 10.4 Å². The first-order chi connectivity index (χ1) is 10.6. The molecular weight excluding hydrogens is 327 g/mol. The molecule has 0 unspecified atom stereocenters. The largest absolute Gasteiger partial charge is 0.396 e. The number of aromatic nitrogens is 1. The predicted octanol–water partition coefficient (Wildman–Crippen LogP) is 3.35. The van der Waals surface area contributed by atoms with Crippen LogP contribution in [0.3, 0.4) is 0 Å². The molecule has 0 aliphatic carbocycles. The van der Waals surface area contributed by atoms with Gasteiger partial charge in [0.1, 0.15) is 11.6 Å². The molecule has 0 saturated heterocycles. The van der Waals surface area contributed by atoms with Crippen LogP contribution in [0.2, 0.25) is 5.02 Å². The van der Waals surface area contributed by atoms with Crippen molar-refractivity contribution in [2.75, 3.05) is 17.7 Å². The van der Waals surface area contributed by atoms with E-state index in [0.717, 1.165) is 11.6 Å². The maximum Gasteiger partial charge on any atom is 0.259 e. The smallest absolute Gasteiger partial charge is 0.259 e. The van der Waals surface area contributed by atoms with Crippen molar-refractivity contribution in [3.05, 3.63) is 58.5 Å². The summed E-state index contributed by atoms with van der Waals surface area (Å²) in [6.45, 7) is 0.118. The zero-order valence-corrected chi connectivity index (χ0v) is 13.1. The molecule has 0 aliphatic rings. The quantitative estimate of drug-likeness (QED) is 0.792. The van der Waals surface area contributed by atoms with Crippen LogP contribution in [0.25, 0.3) is 0 Å². The number of nitrogens with one attached hydrogen (secondary N) is 1. The maximum atomic E-state index is 13.6. The Labute approximate surface area is 136 Å². The van der Waals surface area contributed by atoms with Gasteiger partial charge in [-0.1, -0.05) is 11.6 Å². The molecule has 0 spiro atoms. The van der Waals surface area contributed by atoms with Crippen molar-refractivity contribution >= 4 is 35.1 Å². The van der Waals surface area contributed by atoms with Gasteiger partial charge in [-0.3, -0.25) is 4.79 Å². The number of carbonyl (C=O) groups excluding carboxylic acids is 1. The van der Waals surface area contributed by atoms with Crippen LogP contribution in [0.15, 0.2) is 36.5 Å². The number of hydrogen-bond donors (Lipinski definition) is 2. The molecule has 116 valence electrons.